The van der Waals surface area contributed by atoms with Crippen LogP contribution in [0.4, 0.5) is 5.82 Å². The smallest absolute Gasteiger partial charge is 0.282 e. The van der Waals surface area contributed by atoms with E-state index in [1.807, 2.05) is 20.8 Å². The van der Waals surface area contributed by atoms with Crippen molar-refractivity contribution in [1.82, 2.24) is 18.6 Å². The summed E-state index contributed by atoms with van der Waals surface area (Å²) >= 11 is 1.69. The van der Waals surface area contributed by atoms with Crippen LogP contribution in [-0.2, 0) is 14.9 Å². The van der Waals surface area contributed by atoms with Crippen molar-refractivity contribution >= 4 is 37.6 Å². The quantitative estimate of drug-likeness (QED) is 0.729. The number of rotatable bonds is 3. The summed E-state index contributed by atoms with van der Waals surface area (Å²) in [6.45, 7) is 12.9. The largest absolute Gasteiger partial charge is 0.373 e. The van der Waals surface area contributed by atoms with Gasteiger partial charge in [-0.15, -0.1) is 11.3 Å². The lowest BCUT2D eigenvalue weighted by atomic mass is 10.2. The van der Waals surface area contributed by atoms with Gasteiger partial charge in [0.15, 0.2) is 0 Å². The first-order chi connectivity index (χ1) is 13.7. The Labute approximate surface area is 176 Å². The summed E-state index contributed by atoms with van der Waals surface area (Å²) in [5.74, 6) is 1.68. The van der Waals surface area contributed by atoms with Crippen LogP contribution in [-0.4, -0.2) is 78.5 Å². The second-order valence-corrected chi connectivity index (χ2v) is 11.2. The molecule has 0 aliphatic carbocycles. The summed E-state index contributed by atoms with van der Waals surface area (Å²) in [7, 11) is -3.48. The molecule has 2 aliphatic rings. The number of aromatic nitrogens is 2. The van der Waals surface area contributed by atoms with Gasteiger partial charge < -0.3 is 9.64 Å². The number of anilines is 1. The lowest BCUT2D eigenvalue weighted by Gasteiger charge is -2.40. The molecule has 2 saturated heterocycles. The Morgan fingerprint density at radius 3 is 2.21 bits per heavy atom. The molecule has 160 valence electrons. The van der Waals surface area contributed by atoms with Gasteiger partial charge >= 0.3 is 0 Å². The number of thiophene rings is 1. The number of hydrogen-bond acceptors (Lipinski definition) is 7. The average Bonchev–Trinajstić information content (AvgIpc) is 2.94. The molecule has 0 saturated carbocycles. The fraction of sp³-hybridized carbons (Fsp3) is 0.684. The van der Waals surface area contributed by atoms with Gasteiger partial charge in [-0.3, -0.25) is 0 Å². The Bertz CT molecular complexity index is 1000. The van der Waals surface area contributed by atoms with Crippen molar-refractivity contribution in [2.75, 3.05) is 44.2 Å². The van der Waals surface area contributed by atoms with E-state index in [-0.39, 0.29) is 12.2 Å². The van der Waals surface area contributed by atoms with Gasteiger partial charge in [-0.1, -0.05) is 0 Å². The van der Waals surface area contributed by atoms with Crippen molar-refractivity contribution < 1.29 is 13.2 Å². The third-order valence-corrected chi connectivity index (χ3v) is 8.77. The molecule has 2 fully saturated rings. The Morgan fingerprint density at radius 1 is 0.966 bits per heavy atom. The van der Waals surface area contributed by atoms with Crippen molar-refractivity contribution in [1.29, 1.82) is 0 Å². The second-order valence-electron chi connectivity index (χ2n) is 8.03. The van der Waals surface area contributed by atoms with Crippen LogP contribution >= 0.6 is 11.3 Å². The maximum atomic E-state index is 13.2. The molecule has 2 aliphatic heterocycles. The van der Waals surface area contributed by atoms with E-state index >= 15 is 0 Å². The summed E-state index contributed by atoms with van der Waals surface area (Å²) in [6.07, 6.45) is -0.172. The van der Waals surface area contributed by atoms with E-state index in [1.165, 1.54) is 10.4 Å². The average molecular weight is 440 g/mol. The summed E-state index contributed by atoms with van der Waals surface area (Å²) < 4.78 is 35.2. The molecule has 4 heterocycles. The van der Waals surface area contributed by atoms with Crippen LogP contribution in [0.2, 0.25) is 0 Å². The van der Waals surface area contributed by atoms with Crippen LogP contribution in [0.25, 0.3) is 10.2 Å². The fourth-order valence-corrected chi connectivity index (χ4v) is 6.99. The van der Waals surface area contributed by atoms with E-state index in [0.717, 1.165) is 21.9 Å². The first-order valence-electron chi connectivity index (χ1n) is 10.1. The van der Waals surface area contributed by atoms with Crippen molar-refractivity contribution in [3.63, 3.8) is 0 Å². The summed E-state index contributed by atoms with van der Waals surface area (Å²) in [6, 6.07) is 0. The number of ether oxygens (including phenoxy) is 1. The molecule has 4 rings (SSSR count). The minimum Gasteiger partial charge on any atom is -0.373 e. The summed E-state index contributed by atoms with van der Waals surface area (Å²) in [5.41, 5.74) is 1.21. The van der Waals surface area contributed by atoms with Crippen molar-refractivity contribution in [3.05, 3.63) is 16.3 Å². The fourth-order valence-electron chi connectivity index (χ4n) is 4.17. The van der Waals surface area contributed by atoms with Gasteiger partial charge in [0.1, 0.15) is 16.5 Å². The molecule has 0 bridgehead atoms. The number of hydrogen-bond donors (Lipinski definition) is 0. The van der Waals surface area contributed by atoms with E-state index < -0.39 is 10.2 Å². The molecule has 10 heteroatoms. The molecule has 2 aromatic rings. The normalized spacial score (nSPS) is 25.1. The maximum absolute atomic E-state index is 13.2. The molecule has 0 unspecified atom stereocenters. The highest BCUT2D eigenvalue weighted by Gasteiger charge is 2.37. The first-order valence-corrected chi connectivity index (χ1v) is 12.3. The molecule has 0 N–H and O–H groups in total. The first kappa shape index (κ1) is 20.9. The minimum atomic E-state index is -3.48. The molecule has 0 radical (unpaired) electrons. The molecule has 2 aromatic heterocycles. The topological polar surface area (TPSA) is 78.9 Å². The van der Waals surface area contributed by atoms with Crippen molar-refractivity contribution in [2.45, 2.75) is 46.8 Å². The van der Waals surface area contributed by atoms with Crippen LogP contribution in [0.15, 0.2) is 0 Å². The molecule has 0 amide bonds. The molecule has 2 atom stereocenters. The zero-order valence-corrected chi connectivity index (χ0v) is 19.3. The molecule has 29 heavy (non-hydrogen) atoms. The van der Waals surface area contributed by atoms with E-state index in [2.05, 4.69) is 23.7 Å². The van der Waals surface area contributed by atoms with Crippen LogP contribution in [0.3, 0.4) is 0 Å². The molecular formula is C19H29N5O3S2. The van der Waals surface area contributed by atoms with E-state index in [4.69, 9.17) is 9.72 Å². The van der Waals surface area contributed by atoms with Gasteiger partial charge in [-0.2, -0.15) is 17.0 Å². The molecule has 0 aromatic carbocycles. The van der Waals surface area contributed by atoms with Crippen LogP contribution in [0.5, 0.6) is 0 Å². The van der Waals surface area contributed by atoms with Crippen LogP contribution in [0, 0.1) is 20.8 Å². The Morgan fingerprint density at radius 2 is 1.59 bits per heavy atom. The number of aryl methyl sites for hydroxylation is 3. The third kappa shape index (κ3) is 3.88. The number of nitrogens with zero attached hydrogens (tertiary/aromatic N) is 5. The second kappa shape index (κ2) is 7.73. The van der Waals surface area contributed by atoms with E-state index in [0.29, 0.717) is 39.3 Å². The number of morpholine rings is 1. The highest BCUT2D eigenvalue weighted by molar-refractivity contribution is 7.86. The highest BCUT2D eigenvalue weighted by atomic mass is 32.2. The Balaban J connectivity index is 1.54. The van der Waals surface area contributed by atoms with Gasteiger partial charge in [-0.25, -0.2) is 9.97 Å². The SMILES string of the molecule is Cc1nc(N2CCN(S(=O)(=O)N3C[C@H](C)O[C@@H](C)C3)CC2)c2c(C)c(C)sc2n1. The predicted molar refractivity (Wildman–Crippen MR) is 116 cm³/mol. The standard InChI is InChI=1S/C19H29N5O3S2/c1-12-10-24(11-13(2)27-12)29(25,26)23-8-6-22(7-9-23)18-17-14(3)15(4)28-19(17)21-16(5)20-18/h12-13H,6-11H2,1-5H3/t12-,13-/m0/s1. The monoisotopic (exact) mass is 439 g/mol. The van der Waals surface area contributed by atoms with Gasteiger partial charge in [0.25, 0.3) is 10.2 Å². The number of piperazine rings is 1. The Hall–Kier alpha value is -1.33. The van der Waals surface area contributed by atoms with E-state index in [9.17, 15) is 8.42 Å². The van der Waals surface area contributed by atoms with Gasteiger partial charge in [0.2, 0.25) is 0 Å². The highest BCUT2D eigenvalue weighted by Crippen LogP contribution is 2.35. The van der Waals surface area contributed by atoms with Gasteiger partial charge in [-0.05, 0) is 40.2 Å². The van der Waals surface area contributed by atoms with Crippen LogP contribution < -0.4 is 4.90 Å². The van der Waals surface area contributed by atoms with Crippen molar-refractivity contribution in [3.8, 4) is 0 Å². The summed E-state index contributed by atoms with van der Waals surface area (Å²) in [4.78, 5) is 13.8. The van der Waals surface area contributed by atoms with Gasteiger partial charge in [0, 0.05) is 44.1 Å². The summed E-state index contributed by atoms with van der Waals surface area (Å²) in [5, 5.41) is 1.10. The minimum absolute atomic E-state index is 0.0862. The predicted octanol–water partition coefficient (Wildman–Crippen LogP) is 2.09. The lowest BCUT2D eigenvalue weighted by molar-refractivity contribution is -0.0455. The Kier molecular flexibility index (Phi) is 5.58. The van der Waals surface area contributed by atoms with Gasteiger partial charge in [0.05, 0.1) is 17.6 Å². The number of fused-ring (bicyclic) bond motifs is 1. The van der Waals surface area contributed by atoms with Crippen LogP contribution in [0.1, 0.15) is 30.1 Å². The molecule has 8 nitrogen and oxygen atoms in total. The maximum Gasteiger partial charge on any atom is 0.282 e. The van der Waals surface area contributed by atoms with Crippen molar-refractivity contribution in [2.24, 2.45) is 0 Å². The van der Waals surface area contributed by atoms with E-state index in [1.54, 1.807) is 19.9 Å². The zero-order valence-electron chi connectivity index (χ0n) is 17.7. The third-order valence-electron chi connectivity index (χ3n) is 5.70. The zero-order chi connectivity index (χ0) is 20.9. The molecule has 0 spiro atoms. The molecular weight excluding hydrogens is 410 g/mol. The lowest BCUT2D eigenvalue weighted by Crippen LogP contribution is -2.57.